The summed E-state index contributed by atoms with van der Waals surface area (Å²) in [6.45, 7) is 6.92. The van der Waals surface area contributed by atoms with Crippen molar-refractivity contribution in [2.75, 3.05) is 44.2 Å². The molecule has 7 nitrogen and oxygen atoms in total. The number of hydrogen-bond donors (Lipinski definition) is 3. The van der Waals surface area contributed by atoms with Gasteiger partial charge < -0.3 is 25.5 Å². The summed E-state index contributed by atoms with van der Waals surface area (Å²) in [5, 5.41) is 16.4. The van der Waals surface area contributed by atoms with E-state index in [-0.39, 0.29) is 29.9 Å². The van der Waals surface area contributed by atoms with E-state index >= 15 is 0 Å². The number of piperazine rings is 1. The van der Waals surface area contributed by atoms with Crippen molar-refractivity contribution in [2.45, 2.75) is 38.6 Å². The Morgan fingerprint density at radius 2 is 1.93 bits per heavy atom. The van der Waals surface area contributed by atoms with Crippen LogP contribution < -0.4 is 15.5 Å². The summed E-state index contributed by atoms with van der Waals surface area (Å²) in [5.74, 6) is 1.39. The fourth-order valence-corrected chi connectivity index (χ4v) is 3.27. The molecule has 1 aliphatic carbocycles. The second-order valence-electron chi connectivity index (χ2n) is 7.14. The highest BCUT2D eigenvalue weighted by molar-refractivity contribution is 14.0. The first-order valence-corrected chi connectivity index (χ1v) is 10.0. The van der Waals surface area contributed by atoms with Crippen LogP contribution >= 0.6 is 24.0 Å². The number of hydrogen-bond acceptors (Lipinski definition) is 4. The molecular formula is C20H32IN5O2. The lowest BCUT2D eigenvalue weighted by molar-refractivity contribution is -0.121. The van der Waals surface area contributed by atoms with Crippen molar-refractivity contribution < 1.29 is 9.90 Å². The number of aliphatic imine (C=N–C) groups is 1. The molecule has 1 heterocycles. The van der Waals surface area contributed by atoms with Crippen LogP contribution in [0.25, 0.3) is 0 Å². The summed E-state index contributed by atoms with van der Waals surface area (Å²) in [5.41, 5.74) is 0.890. The predicted molar refractivity (Wildman–Crippen MR) is 124 cm³/mol. The molecule has 0 bridgehead atoms. The van der Waals surface area contributed by atoms with E-state index in [1.165, 1.54) is 0 Å². The number of amides is 1. The molecule has 1 saturated heterocycles. The Labute approximate surface area is 184 Å². The van der Waals surface area contributed by atoms with Crippen LogP contribution in [0.1, 0.15) is 32.6 Å². The van der Waals surface area contributed by atoms with Crippen LogP contribution in [0.5, 0.6) is 5.75 Å². The maximum Gasteiger partial charge on any atom is 0.220 e. The molecule has 0 unspecified atom stereocenters. The second kappa shape index (κ2) is 11.3. The van der Waals surface area contributed by atoms with Gasteiger partial charge in [-0.25, -0.2) is 0 Å². The van der Waals surface area contributed by atoms with Crippen molar-refractivity contribution in [2.24, 2.45) is 4.99 Å². The fourth-order valence-electron chi connectivity index (χ4n) is 3.27. The van der Waals surface area contributed by atoms with Gasteiger partial charge in [0.15, 0.2) is 5.96 Å². The second-order valence-corrected chi connectivity index (χ2v) is 7.14. The van der Waals surface area contributed by atoms with Crippen molar-refractivity contribution in [3.8, 4) is 5.75 Å². The third kappa shape index (κ3) is 6.72. The summed E-state index contributed by atoms with van der Waals surface area (Å²) >= 11 is 0. The molecule has 1 amide bonds. The lowest BCUT2D eigenvalue weighted by Gasteiger charge is -2.37. The van der Waals surface area contributed by atoms with Gasteiger partial charge >= 0.3 is 0 Å². The molecule has 8 heteroatoms. The highest BCUT2D eigenvalue weighted by atomic mass is 127. The van der Waals surface area contributed by atoms with Crippen LogP contribution in [0.4, 0.5) is 5.69 Å². The van der Waals surface area contributed by atoms with E-state index in [1.807, 2.05) is 18.2 Å². The highest BCUT2D eigenvalue weighted by Crippen LogP contribution is 2.27. The number of halogens is 1. The molecule has 0 aromatic heterocycles. The van der Waals surface area contributed by atoms with E-state index in [4.69, 9.17) is 4.99 Å². The first-order chi connectivity index (χ1) is 13.2. The lowest BCUT2D eigenvalue weighted by atomic mass is 10.2. The van der Waals surface area contributed by atoms with Gasteiger partial charge in [0.1, 0.15) is 5.75 Å². The van der Waals surface area contributed by atoms with Gasteiger partial charge in [0, 0.05) is 51.7 Å². The van der Waals surface area contributed by atoms with Crippen molar-refractivity contribution in [3.05, 3.63) is 24.3 Å². The number of anilines is 1. The maximum atomic E-state index is 11.8. The van der Waals surface area contributed by atoms with Gasteiger partial charge in [-0.15, -0.1) is 24.0 Å². The molecule has 0 radical (unpaired) electrons. The van der Waals surface area contributed by atoms with Crippen molar-refractivity contribution >= 4 is 41.5 Å². The fraction of sp³-hybridized carbons (Fsp3) is 0.600. The van der Waals surface area contributed by atoms with Crippen LogP contribution in [0, 0.1) is 0 Å². The Morgan fingerprint density at radius 3 is 2.57 bits per heavy atom. The van der Waals surface area contributed by atoms with Crippen LogP contribution in [-0.2, 0) is 4.79 Å². The topological polar surface area (TPSA) is 80.2 Å². The molecular weight excluding hydrogens is 469 g/mol. The SMILES string of the molecule is CCNC(=NCCCC(=O)NC1CC1)N1CCN(c2ccccc2O)CC1.I. The Morgan fingerprint density at radius 1 is 1.21 bits per heavy atom. The smallest absolute Gasteiger partial charge is 0.220 e. The van der Waals surface area contributed by atoms with Crippen LogP contribution in [0.15, 0.2) is 29.3 Å². The van der Waals surface area contributed by atoms with Gasteiger partial charge in [-0.2, -0.15) is 0 Å². The minimum atomic E-state index is 0. The van der Waals surface area contributed by atoms with Gasteiger partial charge in [0.2, 0.25) is 5.91 Å². The molecule has 156 valence electrons. The summed E-state index contributed by atoms with van der Waals surface area (Å²) in [6, 6.07) is 7.91. The van der Waals surface area contributed by atoms with Crippen LogP contribution in [0.2, 0.25) is 0 Å². The number of para-hydroxylation sites is 2. The molecule has 1 aliphatic heterocycles. The number of phenolic OH excluding ortho intramolecular Hbond substituents is 1. The number of carbonyl (C=O) groups excluding carboxylic acids is 1. The molecule has 3 N–H and O–H groups in total. The molecule has 0 spiro atoms. The molecule has 2 fully saturated rings. The van der Waals surface area contributed by atoms with E-state index < -0.39 is 0 Å². The average Bonchev–Trinajstić information content (AvgIpc) is 3.49. The standard InChI is InChI=1S/C20H31N5O2.HI/c1-2-21-20(22-11-5-8-19(27)23-16-9-10-16)25-14-12-24(13-15-25)17-6-3-4-7-18(17)26;/h3-4,6-7,16,26H,2,5,8-15H2,1H3,(H,21,22)(H,23,27);1H. The molecule has 28 heavy (non-hydrogen) atoms. The number of guanidine groups is 1. The number of benzene rings is 1. The zero-order valence-electron chi connectivity index (χ0n) is 16.6. The van der Waals surface area contributed by atoms with Crippen molar-refractivity contribution in [1.82, 2.24) is 15.5 Å². The molecule has 0 atom stereocenters. The Kier molecular flexibility index (Phi) is 9.14. The van der Waals surface area contributed by atoms with E-state index in [0.29, 0.717) is 24.8 Å². The number of nitrogens with one attached hydrogen (secondary N) is 2. The van der Waals surface area contributed by atoms with Gasteiger partial charge in [-0.1, -0.05) is 12.1 Å². The van der Waals surface area contributed by atoms with Crippen molar-refractivity contribution in [3.63, 3.8) is 0 Å². The summed E-state index contributed by atoms with van der Waals surface area (Å²) in [7, 11) is 0. The largest absolute Gasteiger partial charge is 0.506 e. The highest BCUT2D eigenvalue weighted by Gasteiger charge is 2.23. The Bertz CT molecular complexity index is 658. The van der Waals surface area contributed by atoms with Gasteiger partial charge in [-0.3, -0.25) is 9.79 Å². The number of aromatic hydroxyl groups is 1. The summed E-state index contributed by atoms with van der Waals surface area (Å²) < 4.78 is 0. The maximum absolute atomic E-state index is 11.8. The van der Waals surface area contributed by atoms with Gasteiger partial charge in [-0.05, 0) is 38.3 Å². The first kappa shape index (κ1) is 22.6. The zero-order chi connectivity index (χ0) is 19.1. The molecule has 1 aromatic carbocycles. The monoisotopic (exact) mass is 501 g/mol. The number of carbonyl (C=O) groups is 1. The third-order valence-electron chi connectivity index (χ3n) is 4.90. The summed E-state index contributed by atoms with van der Waals surface area (Å²) in [4.78, 5) is 20.9. The third-order valence-corrected chi connectivity index (χ3v) is 4.90. The molecule has 3 rings (SSSR count). The van der Waals surface area contributed by atoms with Crippen LogP contribution in [-0.4, -0.2) is 67.2 Å². The quantitative estimate of drug-likeness (QED) is 0.231. The van der Waals surface area contributed by atoms with E-state index in [1.54, 1.807) is 6.07 Å². The summed E-state index contributed by atoms with van der Waals surface area (Å²) in [6.07, 6.45) is 3.56. The number of phenols is 1. The van der Waals surface area contributed by atoms with E-state index in [9.17, 15) is 9.90 Å². The van der Waals surface area contributed by atoms with Crippen molar-refractivity contribution in [1.29, 1.82) is 0 Å². The predicted octanol–water partition coefficient (Wildman–Crippen LogP) is 2.16. The molecule has 1 saturated carbocycles. The molecule has 2 aliphatic rings. The molecule has 1 aromatic rings. The Hall–Kier alpha value is -1.71. The minimum absolute atomic E-state index is 0. The lowest BCUT2D eigenvalue weighted by Crippen LogP contribution is -2.52. The van der Waals surface area contributed by atoms with E-state index in [2.05, 4.69) is 27.4 Å². The van der Waals surface area contributed by atoms with Crippen LogP contribution in [0.3, 0.4) is 0 Å². The number of nitrogens with zero attached hydrogens (tertiary/aromatic N) is 3. The Balaban J connectivity index is 0.00000280. The first-order valence-electron chi connectivity index (χ1n) is 10.0. The number of rotatable bonds is 7. The minimum Gasteiger partial charge on any atom is -0.506 e. The normalized spacial score (nSPS) is 17.1. The van der Waals surface area contributed by atoms with E-state index in [0.717, 1.165) is 63.6 Å². The average molecular weight is 501 g/mol. The van der Waals surface area contributed by atoms with Gasteiger partial charge in [0.25, 0.3) is 0 Å². The van der Waals surface area contributed by atoms with Gasteiger partial charge in [0.05, 0.1) is 5.69 Å². The zero-order valence-corrected chi connectivity index (χ0v) is 18.9.